The third-order valence-corrected chi connectivity index (χ3v) is 2.08. The molecule has 66 valence electrons. The molecule has 1 atom stereocenters. The van der Waals surface area contributed by atoms with Crippen LogP contribution < -0.4 is 5.73 Å². The number of aliphatic hydroxyl groups is 1. The van der Waals surface area contributed by atoms with Gasteiger partial charge in [-0.1, -0.05) is 12.8 Å². The van der Waals surface area contributed by atoms with Crippen LogP contribution in [-0.2, 0) is 4.74 Å². The zero-order valence-electron chi connectivity index (χ0n) is 6.83. The second-order valence-corrected chi connectivity index (χ2v) is 3.18. The molecule has 0 aromatic rings. The van der Waals surface area contributed by atoms with Gasteiger partial charge in [0, 0.05) is 0 Å². The zero-order chi connectivity index (χ0) is 8.10. The van der Waals surface area contributed by atoms with E-state index < -0.39 is 0 Å². The molecule has 1 aliphatic rings. The Balaban J connectivity index is 2.01. The molecule has 0 unspecified atom stereocenters. The van der Waals surface area contributed by atoms with E-state index in [1.54, 1.807) is 0 Å². The first-order chi connectivity index (χ1) is 5.33. The molecule has 1 rings (SSSR count). The van der Waals surface area contributed by atoms with E-state index in [0.717, 1.165) is 12.8 Å². The molecule has 11 heavy (non-hydrogen) atoms. The molecule has 0 spiro atoms. The van der Waals surface area contributed by atoms with Crippen molar-refractivity contribution >= 4 is 0 Å². The minimum atomic E-state index is -0.199. The lowest BCUT2D eigenvalue weighted by atomic mass is 10.3. The van der Waals surface area contributed by atoms with Gasteiger partial charge in [-0.15, -0.1) is 0 Å². The van der Waals surface area contributed by atoms with Crippen LogP contribution in [0.1, 0.15) is 25.7 Å². The zero-order valence-corrected chi connectivity index (χ0v) is 6.83. The number of hydrogen-bond donors (Lipinski definition) is 2. The van der Waals surface area contributed by atoms with Crippen molar-refractivity contribution in [2.45, 2.75) is 37.8 Å². The van der Waals surface area contributed by atoms with E-state index in [9.17, 15) is 0 Å². The Morgan fingerprint density at radius 1 is 1.45 bits per heavy atom. The lowest BCUT2D eigenvalue weighted by Crippen LogP contribution is -2.31. The van der Waals surface area contributed by atoms with Gasteiger partial charge in [0.25, 0.3) is 0 Å². The molecule has 0 saturated heterocycles. The van der Waals surface area contributed by atoms with Crippen LogP contribution in [0.15, 0.2) is 0 Å². The molecule has 3 heteroatoms. The standard InChI is InChI=1S/C8H17NO2/c9-7(5-10)6-11-8-3-1-2-4-8/h7-8,10H,1-6,9H2/t7-/m0/s1. The third kappa shape index (κ3) is 3.18. The molecule has 1 saturated carbocycles. The van der Waals surface area contributed by atoms with E-state index in [-0.39, 0.29) is 12.6 Å². The van der Waals surface area contributed by atoms with Crippen molar-refractivity contribution in [2.75, 3.05) is 13.2 Å². The van der Waals surface area contributed by atoms with Crippen molar-refractivity contribution < 1.29 is 9.84 Å². The van der Waals surface area contributed by atoms with E-state index in [4.69, 9.17) is 15.6 Å². The van der Waals surface area contributed by atoms with Gasteiger partial charge >= 0.3 is 0 Å². The lowest BCUT2D eigenvalue weighted by Gasteiger charge is -2.13. The maximum Gasteiger partial charge on any atom is 0.0643 e. The third-order valence-electron chi connectivity index (χ3n) is 2.08. The maximum absolute atomic E-state index is 8.60. The fraction of sp³-hybridized carbons (Fsp3) is 1.00. The number of rotatable bonds is 4. The van der Waals surface area contributed by atoms with Crippen molar-refractivity contribution in [3.63, 3.8) is 0 Å². The average molecular weight is 159 g/mol. The fourth-order valence-electron chi connectivity index (χ4n) is 1.37. The van der Waals surface area contributed by atoms with Gasteiger partial charge in [0.15, 0.2) is 0 Å². The van der Waals surface area contributed by atoms with Crippen LogP contribution in [0.3, 0.4) is 0 Å². The molecular formula is C8H17NO2. The molecule has 0 aromatic heterocycles. The molecule has 1 aliphatic carbocycles. The minimum absolute atomic E-state index is 0.0206. The Labute approximate surface area is 67.5 Å². The summed E-state index contributed by atoms with van der Waals surface area (Å²) in [5.41, 5.74) is 5.48. The maximum atomic E-state index is 8.60. The van der Waals surface area contributed by atoms with Gasteiger partial charge < -0.3 is 15.6 Å². The number of ether oxygens (including phenoxy) is 1. The lowest BCUT2D eigenvalue weighted by molar-refractivity contribution is 0.0390. The SMILES string of the molecule is N[C@@H](CO)COC1CCCC1. The summed E-state index contributed by atoms with van der Waals surface area (Å²) in [6, 6.07) is -0.199. The normalized spacial score (nSPS) is 22.4. The predicted octanol–water partition coefficient (Wildman–Crippen LogP) is 0.265. The molecule has 0 bridgehead atoms. The Hall–Kier alpha value is -0.120. The highest BCUT2D eigenvalue weighted by Crippen LogP contribution is 2.20. The first-order valence-electron chi connectivity index (χ1n) is 4.31. The highest BCUT2D eigenvalue weighted by molar-refractivity contribution is 4.68. The summed E-state index contributed by atoms with van der Waals surface area (Å²) in [5, 5.41) is 8.60. The van der Waals surface area contributed by atoms with E-state index in [0.29, 0.717) is 12.7 Å². The van der Waals surface area contributed by atoms with Crippen LogP contribution in [0.4, 0.5) is 0 Å². The summed E-state index contributed by atoms with van der Waals surface area (Å²) in [4.78, 5) is 0. The monoisotopic (exact) mass is 159 g/mol. The summed E-state index contributed by atoms with van der Waals surface area (Å²) < 4.78 is 5.47. The average Bonchev–Trinajstić information content (AvgIpc) is 2.52. The number of nitrogens with two attached hydrogens (primary N) is 1. The van der Waals surface area contributed by atoms with E-state index in [2.05, 4.69) is 0 Å². The molecule has 3 nitrogen and oxygen atoms in total. The number of aliphatic hydroxyl groups excluding tert-OH is 1. The minimum Gasteiger partial charge on any atom is -0.395 e. The summed E-state index contributed by atoms with van der Waals surface area (Å²) in [6.45, 7) is 0.522. The Kier molecular flexibility index (Phi) is 3.83. The highest BCUT2D eigenvalue weighted by Gasteiger charge is 2.15. The molecule has 0 aromatic carbocycles. The van der Waals surface area contributed by atoms with Gasteiger partial charge in [-0.25, -0.2) is 0 Å². The Bertz CT molecular complexity index is 102. The van der Waals surface area contributed by atoms with Gasteiger partial charge in [0.05, 0.1) is 25.4 Å². The Morgan fingerprint density at radius 3 is 2.64 bits per heavy atom. The van der Waals surface area contributed by atoms with E-state index >= 15 is 0 Å². The fourth-order valence-corrected chi connectivity index (χ4v) is 1.37. The van der Waals surface area contributed by atoms with Crippen molar-refractivity contribution in [3.05, 3.63) is 0 Å². The smallest absolute Gasteiger partial charge is 0.0643 e. The van der Waals surface area contributed by atoms with Crippen LogP contribution in [0.25, 0.3) is 0 Å². The predicted molar refractivity (Wildman–Crippen MR) is 43.3 cm³/mol. The second-order valence-electron chi connectivity index (χ2n) is 3.18. The van der Waals surface area contributed by atoms with Gasteiger partial charge in [-0.05, 0) is 12.8 Å². The molecule has 3 N–H and O–H groups in total. The van der Waals surface area contributed by atoms with Crippen molar-refractivity contribution in [1.29, 1.82) is 0 Å². The molecule has 0 radical (unpaired) electrons. The van der Waals surface area contributed by atoms with Gasteiger partial charge in [-0.2, -0.15) is 0 Å². The summed E-state index contributed by atoms with van der Waals surface area (Å²) in [6.07, 6.45) is 5.29. The second kappa shape index (κ2) is 4.70. The summed E-state index contributed by atoms with van der Waals surface area (Å²) in [7, 11) is 0. The van der Waals surface area contributed by atoms with Crippen LogP contribution >= 0.6 is 0 Å². The van der Waals surface area contributed by atoms with Crippen LogP contribution in [-0.4, -0.2) is 30.5 Å². The molecule has 0 aliphatic heterocycles. The molecule has 1 fully saturated rings. The molecule has 0 heterocycles. The summed E-state index contributed by atoms with van der Waals surface area (Å²) >= 11 is 0. The Morgan fingerprint density at radius 2 is 2.09 bits per heavy atom. The van der Waals surface area contributed by atoms with Gasteiger partial charge in [0.1, 0.15) is 0 Å². The molecular weight excluding hydrogens is 142 g/mol. The van der Waals surface area contributed by atoms with Crippen molar-refractivity contribution in [2.24, 2.45) is 5.73 Å². The van der Waals surface area contributed by atoms with Crippen molar-refractivity contribution in [3.8, 4) is 0 Å². The first kappa shape index (κ1) is 8.97. The topological polar surface area (TPSA) is 55.5 Å². The van der Waals surface area contributed by atoms with Gasteiger partial charge in [0.2, 0.25) is 0 Å². The van der Waals surface area contributed by atoms with E-state index in [1.807, 2.05) is 0 Å². The summed E-state index contributed by atoms with van der Waals surface area (Å²) in [5.74, 6) is 0. The highest BCUT2D eigenvalue weighted by atomic mass is 16.5. The van der Waals surface area contributed by atoms with Crippen LogP contribution in [0, 0.1) is 0 Å². The quantitative estimate of drug-likeness (QED) is 0.619. The largest absolute Gasteiger partial charge is 0.395 e. The molecule has 0 amide bonds. The van der Waals surface area contributed by atoms with Gasteiger partial charge in [-0.3, -0.25) is 0 Å². The van der Waals surface area contributed by atoms with E-state index in [1.165, 1.54) is 12.8 Å². The van der Waals surface area contributed by atoms with Crippen LogP contribution in [0.2, 0.25) is 0 Å². The van der Waals surface area contributed by atoms with Crippen molar-refractivity contribution in [1.82, 2.24) is 0 Å². The number of hydrogen-bond acceptors (Lipinski definition) is 3. The first-order valence-corrected chi connectivity index (χ1v) is 4.31. The van der Waals surface area contributed by atoms with Crippen LogP contribution in [0.5, 0.6) is 0 Å².